The molecule has 1 aromatic rings. The lowest BCUT2D eigenvalue weighted by atomic mass is 10.2. The van der Waals surface area contributed by atoms with E-state index in [1.165, 1.54) is 10.4 Å². The van der Waals surface area contributed by atoms with Crippen molar-refractivity contribution in [2.75, 3.05) is 20.3 Å². The monoisotopic (exact) mass is 228 g/mol. The Morgan fingerprint density at radius 3 is 3.07 bits per heavy atom. The Kier molecular flexibility index (Phi) is 5.86. The summed E-state index contributed by atoms with van der Waals surface area (Å²) in [5, 5.41) is 5.50. The number of methoxy groups -OCH3 is 1. The lowest BCUT2D eigenvalue weighted by Crippen LogP contribution is -2.36. The molecule has 0 aliphatic rings. The third-order valence-electron chi connectivity index (χ3n) is 2.29. The molecule has 0 aromatic carbocycles. The molecule has 1 unspecified atom stereocenters. The van der Waals surface area contributed by atoms with Crippen LogP contribution in [-0.4, -0.2) is 26.3 Å². The molecule has 0 amide bonds. The second kappa shape index (κ2) is 6.95. The topological polar surface area (TPSA) is 47.3 Å². The summed E-state index contributed by atoms with van der Waals surface area (Å²) in [6.07, 6.45) is 1.10. The second-order valence-corrected chi connectivity index (χ2v) is 4.57. The van der Waals surface area contributed by atoms with E-state index in [4.69, 9.17) is 10.5 Å². The molecule has 3 nitrogen and oxygen atoms in total. The third-order valence-corrected chi connectivity index (χ3v) is 3.25. The van der Waals surface area contributed by atoms with Crippen molar-refractivity contribution in [3.05, 3.63) is 21.9 Å². The van der Waals surface area contributed by atoms with Gasteiger partial charge >= 0.3 is 0 Å². The number of hydrogen-bond acceptors (Lipinski definition) is 4. The van der Waals surface area contributed by atoms with Gasteiger partial charge in [-0.15, -0.1) is 11.3 Å². The van der Waals surface area contributed by atoms with E-state index in [9.17, 15) is 0 Å². The van der Waals surface area contributed by atoms with Crippen molar-refractivity contribution in [1.29, 1.82) is 0 Å². The molecule has 0 saturated carbocycles. The molecule has 1 heterocycles. The van der Waals surface area contributed by atoms with Crippen LogP contribution < -0.4 is 11.1 Å². The lowest BCUT2D eigenvalue weighted by Gasteiger charge is -2.11. The van der Waals surface area contributed by atoms with Gasteiger partial charge in [-0.25, -0.2) is 0 Å². The van der Waals surface area contributed by atoms with Gasteiger partial charge in [-0.2, -0.15) is 0 Å². The van der Waals surface area contributed by atoms with Gasteiger partial charge in [0.25, 0.3) is 0 Å². The molecule has 0 radical (unpaired) electrons. The number of thiophene rings is 1. The van der Waals surface area contributed by atoms with Gasteiger partial charge in [0, 0.05) is 31.1 Å². The molecule has 0 bridgehead atoms. The maximum absolute atomic E-state index is 5.81. The first-order valence-electron chi connectivity index (χ1n) is 5.28. The highest BCUT2D eigenvalue weighted by atomic mass is 32.1. The van der Waals surface area contributed by atoms with Crippen molar-refractivity contribution in [1.82, 2.24) is 5.32 Å². The van der Waals surface area contributed by atoms with Crippen molar-refractivity contribution in [3.8, 4) is 0 Å². The minimum absolute atomic E-state index is 0.0834. The van der Waals surface area contributed by atoms with E-state index < -0.39 is 0 Å². The fourth-order valence-electron chi connectivity index (χ4n) is 1.48. The molecule has 0 aliphatic carbocycles. The average molecular weight is 228 g/mol. The predicted octanol–water partition coefficient (Wildman–Crippen LogP) is 1.37. The molecule has 0 saturated heterocycles. The van der Waals surface area contributed by atoms with Gasteiger partial charge < -0.3 is 15.8 Å². The van der Waals surface area contributed by atoms with Crippen molar-refractivity contribution < 1.29 is 4.74 Å². The average Bonchev–Trinajstić information content (AvgIpc) is 2.66. The van der Waals surface area contributed by atoms with Gasteiger partial charge in [0.15, 0.2) is 0 Å². The van der Waals surface area contributed by atoms with E-state index in [2.05, 4.69) is 23.7 Å². The summed E-state index contributed by atoms with van der Waals surface area (Å²) in [6, 6.07) is 2.27. The molecular formula is C11H20N2OS. The zero-order chi connectivity index (χ0) is 11.1. The van der Waals surface area contributed by atoms with Crippen LogP contribution in [0.4, 0.5) is 0 Å². The number of nitrogens with two attached hydrogens (primary N) is 1. The largest absolute Gasteiger partial charge is 0.383 e. The van der Waals surface area contributed by atoms with Crippen LogP contribution in [0.1, 0.15) is 17.4 Å². The molecule has 0 aliphatic heterocycles. The molecule has 0 spiro atoms. The first-order valence-corrected chi connectivity index (χ1v) is 6.16. The summed E-state index contributed by atoms with van der Waals surface area (Å²) in [6.45, 7) is 4.51. The minimum atomic E-state index is 0.0834. The lowest BCUT2D eigenvalue weighted by molar-refractivity contribution is 0.179. The molecule has 1 aromatic heterocycles. The van der Waals surface area contributed by atoms with Crippen molar-refractivity contribution in [2.45, 2.75) is 25.9 Å². The first kappa shape index (κ1) is 12.6. The third kappa shape index (κ3) is 4.30. The Hall–Kier alpha value is -0.420. The Balaban J connectivity index is 2.25. The smallest absolute Gasteiger partial charge is 0.0626 e. The highest BCUT2D eigenvalue weighted by Gasteiger charge is 2.04. The molecule has 0 fully saturated rings. The highest BCUT2D eigenvalue weighted by molar-refractivity contribution is 7.10. The van der Waals surface area contributed by atoms with Crippen molar-refractivity contribution in [3.63, 3.8) is 0 Å². The minimum Gasteiger partial charge on any atom is -0.383 e. The molecule has 3 N–H and O–H groups in total. The van der Waals surface area contributed by atoms with Crippen LogP contribution >= 0.6 is 11.3 Å². The Bertz CT molecular complexity index is 275. The quantitative estimate of drug-likeness (QED) is 0.741. The van der Waals surface area contributed by atoms with E-state index in [1.807, 2.05) is 0 Å². The maximum Gasteiger partial charge on any atom is 0.0626 e. The number of nitrogens with one attached hydrogen (secondary N) is 1. The van der Waals surface area contributed by atoms with E-state index in [-0.39, 0.29) is 6.04 Å². The van der Waals surface area contributed by atoms with Crippen LogP contribution in [0, 0.1) is 0 Å². The van der Waals surface area contributed by atoms with E-state index >= 15 is 0 Å². The Labute approximate surface area is 95.6 Å². The summed E-state index contributed by atoms with van der Waals surface area (Å²) in [7, 11) is 1.67. The SMILES string of the molecule is CCc1ccsc1CNCC(N)COC. The van der Waals surface area contributed by atoms with Gasteiger partial charge in [0.1, 0.15) is 0 Å². The van der Waals surface area contributed by atoms with Crippen molar-refractivity contribution >= 4 is 11.3 Å². The summed E-state index contributed by atoms with van der Waals surface area (Å²) in [5.41, 5.74) is 7.25. The highest BCUT2D eigenvalue weighted by Crippen LogP contribution is 2.16. The normalized spacial score (nSPS) is 13.0. The van der Waals surface area contributed by atoms with Crippen LogP contribution in [0.3, 0.4) is 0 Å². The fourth-order valence-corrected chi connectivity index (χ4v) is 2.43. The van der Waals surface area contributed by atoms with Gasteiger partial charge in [0.2, 0.25) is 0 Å². The first-order chi connectivity index (χ1) is 7.27. The zero-order valence-corrected chi connectivity index (χ0v) is 10.3. The van der Waals surface area contributed by atoms with Crippen LogP contribution in [0.15, 0.2) is 11.4 Å². The Morgan fingerprint density at radius 2 is 2.40 bits per heavy atom. The summed E-state index contributed by atoms with van der Waals surface area (Å²) in [4.78, 5) is 1.42. The summed E-state index contributed by atoms with van der Waals surface area (Å²) >= 11 is 1.80. The van der Waals surface area contributed by atoms with Crippen LogP contribution in [-0.2, 0) is 17.7 Å². The van der Waals surface area contributed by atoms with Crippen LogP contribution in [0.2, 0.25) is 0 Å². The van der Waals surface area contributed by atoms with E-state index in [1.54, 1.807) is 18.4 Å². The second-order valence-electron chi connectivity index (χ2n) is 3.57. The van der Waals surface area contributed by atoms with Gasteiger partial charge in [-0.3, -0.25) is 0 Å². The molecule has 1 atom stereocenters. The standard InChI is InChI=1S/C11H20N2OS/c1-3-9-4-5-15-11(9)7-13-6-10(12)8-14-2/h4-5,10,13H,3,6-8,12H2,1-2H3. The zero-order valence-electron chi connectivity index (χ0n) is 9.45. The number of ether oxygens (including phenoxy) is 1. The van der Waals surface area contributed by atoms with Gasteiger partial charge in [0.05, 0.1) is 6.61 Å². The van der Waals surface area contributed by atoms with Crippen LogP contribution in [0.5, 0.6) is 0 Å². The molecule has 15 heavy (non-hydrogen) atoms. The maximum atomic E-state index is 5.81. The van der Waals surface area contributed by atoms with Crippen molar-refractivity contribution in [2.24, 2.45) is 5.73 Å². The molecule has 1 rings (SSSR count). The number of rotatable bonds is 7. The molecule has 86 valence electrons. The predicted molar refractivity (Wildman–Crippen MR) is 65.3 cm³/mol. The molecule has 4 heteroatoms. The number of hydrogen-bond donors (Lipinski definition) is 2. The van der Waals surface area contributed by atoms with Gasteiger partial charge in [-0.1, -0.05) is 6.92 Å². The summed E-state index contributed by atoms with van der Waals surface area (Å²) in [5.74, 6) is 0. The van der Waals surface area contributed by atoms with Crippen LogP contribution in [0.25, 0.3) is 0 Å². The van der Waals surface area contributed by atoms with Gasteiger partial charge in [-0.05, 0) is 23.4 Å². The fraction of sp³-hybridized carbons (Fsp3) is 0.636. The number of aryl methyl sites for hydroxylation is 1. The molecular weight excluding hydrogens is 208 g/mol. The Morgan fingerprint density at radius 1 is 1.60 bits per heavy atom. The van der Waals surface area contributed by atoms with E-state index in [0.717, 1.165) is 19.5 Å². The van der Waals surface area contributed by atoms with E-state index in [0.29, 0.717) is 6.61 Å². The summed E-state index contributed by atoms with van der Waals surface area (Å²) < 4.78 is 4.97.